The normalized spacial score (nSPS) is 9.43. The van der Waals surface area contributed by atoms with Crippen molar-refractivity contribution in [3.05, 3.63) is 48.0 Å². The second-order valence-corrected chi connectivity index (χ2v) is 2.94. The van der Waals surface area contributed by atoms with Crippen molar-refractivity contribution in [1.82, 2.24) is 0 Å². The third-order valence-corrected chi connectivity index (χ3v) is 1.95. The lowest BCUT2D eigenvalue weighted by molar-refractivity contribution is -0.136. The number of hydrogen-bond acceptors (Lipinski definition) is 1. The van der Waals surface area contributed by atoms with Gasteiger partial charge in [0.2, 0.25) is 0 Å². The van der Waals surface area contributed by atoms with Gasteiger partial charge in [-0.2, -0.15) is 0 Å². The largest absolute Gasteiger partial charge is 0.481 e. The zero-order valence-corrected chi connectivity index (χ0v) is 7.86. The topological polar surface area (TPSA) is 37.3 Å². The van der Waals surface area contributed by atoms with Gasteiger partial charge < -0.3 is 5.11 Å². The molecule has 2 heteroatoms. The molecule has 0 fully saturated rings. The molecule has 1 rings (SSSR count). The molecule has 0 aliphatic heterocycles. The molecule has 0 heterocycles. The molecule has 0 bridgehead atoms. The Balaban J connectivity index is 3.07. The fourth-order valence-corrected chi connectivity index (χ4v) is 1.27. The number of benzene rings is 1. The van der Waals surface area contributed by atoms with E-state index < -0.39 is 5.97 Å². The number of rotatable bonds is 4. The van der Waals surface area contributed by atoms with E-state index in [0.29, 0.717) is 0 Å². The van der Waals surface area contributed by atoms with Gasteiger partial charge in [-0.3, -0.25) is 4.79 Å². The van der Waals surface area contributed by atoms with Crippen LogP contribution in [0.5, 0.6) is 0 Å². The molecular formula is C12H12O2. The average Bonchev–Trinajstić information content (AvgIpc) is 2.16. The van der Waals surface area contributed by atoms with Crippen LogP contribution in [0.3, 0.4) is 0 Å². The summed E-state index contributed by atoms with van der Waals surface area (Å²) in [5.74, 6) is -0.827. The van der Waals surface area contributed by atoms with Gasteiger partial charge in [0.05, 0.1) is 6.42 Å². The van der Waals surface area contributed by atoms with E-state index in [4.69, 9.17) is 5.11 Å². The lowest BCUT2D eigenvalue weighted by atomic mass is 10.0. The summed E-state index contributed by atoms with van der Waals surface area (Å²) in [5.41, 5.74) is 2.66. The molecule has 0 saturated carbocycles. The van der Waals surface area contributed by atoms with Gasteiger partial charge in [-0.05, 0) is 16.7 Å². The standard InChI is InChI=1S/C12H12O2/c1-3-10-6-5-9(8-12(13)14)7-11(10)4-2/h3-7H,1-2,8H2,(H,13,14). The summed E-state index contributed by atoms with van der Waals surface area (Å²) in [6.07, 6.45) is 3.46. The van der Waals surface area contributed by atoms with Crippen molar-refractivity contribution in [2.24, 2.45) is 0 Å². The van der Waals surface area contributed by atoms with Gasteiger partial charge >= 0.3 is 5.97 Å². The minimum atomic E-state index is -0.827. The van der Waals surface area contributed by atoms with E-state index in [0.717, 1.165) is 16.7 Å². The van der Waals surface area contributed by atoms with Crippen molar-refractivity contribution >= 4 is 18.1 Å². The van der Waals surface area contributed by atoms with Crippen LogP contribution in [0.2, 0.25) is 0 Å². The molecule has 1 aromatic rings. The third-order valence-electron chi connectivity index (χ3n) is 1.95. The Bertz CT molecular complexity index is 378. The number of carboxylic acid groups (broad SMARTS) is 1. The van der Waals surface area contributed by atoms with Crippen molar-refractivity contribution in [2.75, 3.05) is 0 Å². The van der Waals surface area contributed by atoms with Crippen molar-refractivity contribution in [2.45, 2.75) is 6.42 Å². The molecule has 0 unspecified atom stereocenters. The van der Waals surface area contributed by atoms with Gasteiger partial charge in [0.25, 0.3) is 0 Å². The Hall–Kier alpha value is -1.83. The van der Waals surface area contributed by atoms with Gasteiger partial charge in [0, 0.05) is 0 Å². The molecule has 0 amide bonds. The summed E-state index contributed by atoms with van der Waals surface area (Å²) in [7, 11) is 0. The highest BCUT2D eigenvalue weighted by Gasteiger charge is 2.02. The second kappa shape index (κ2) is 4.42. The van der Waals surface area contributed by atoms with Crippen LogP contribution in [0.15, 0.2) is 31.4 Å². The predicted molar refractivity (Wildman–Crippen MR) is 58.0 cm³/mol. The summed E-state index contributed by atoms with van der Waals surface area (Å²) < 4.78 is 0. The van der Waals surface area contributed by atoms with E-state index in [1.807, 2.05) is 12.1 Å². The lowest BCUT2D eigenvalue weighted by Crippen LogP contribution is -2.00. The molecule has 72 valence electrons. The van der Waals surface area contributed by atoms with Crippen molar-refractivity contribution < 1.29 is 9.90 Å². The highest BCUT2D eigenvalue weighted by molar-refractivity contribution is 5.72. The van der Waals surface area contributed by atoms with Crippen LogP contribution in [0.1, 0.15) is 16.7 Å². The van der Waals surface area contributed by atoms with Crippen LogP contribution in [0, 0.1) is 0 Å². The zero-order chi connectivity index (χ0) is 10.6. The summed E-state index contributed by atoms with van der Waals surface area (Å²) in [6, 6.07) is 5.46. The van der Waals surface area contributed by atoms with E-state index in [1.54, 1.807) is 18.2 Å². The second-order valence-electron chi connectivity index (χ2n) is 2.94. The Morgan fingerprint density at radius 3 is 2.43 bits per heavy atom. The maximum absolute atomic E-state index is 10.5. The minimum Gasteiger partial charge on any atom is -0.481 e. The molecule has 0 saturated heterocycles. The zero-order valence-electron chi connectivity index (χ0n) is 7.86. The SMILES string of the molecule is C=Cc1ccc(CC(=O)O)cc1C=C. The van der Waals surface area contributed by atoms with Gasteiger partial charge in [-0.25, -0.2) is 0 Å². The maximum atomic E-state index is 10.5. The first-order chi connectivity index (χ1) is 6.67. The molecule has 0 radical (unpaired) electrons. The Morgan fingerprint density at radius 1 is 1.29 bits per heavy atom. The Labute approximate surface area is 83.2 Å². The minimum absolute atomic E-state index is 0.0399. The van der Waals surface area contributed by atoms with Crippen LogP contribution in [-0.4, -0.2) is 11.1 Å². The lowest BCUT2D eigenvalue weighted by Gasteiger charge is -2.03. The molecule has 0 aliphatic carbocycles. The first-order valence-electron chi connectivity index (χ1n) is 4.27. The summed E-state index contributed by atoms with van der Waals surface area (Å²) in [4.78, 5) is 10.5. The fourth-order valence-electron chi connectivity index (χ4n) is 1.27. The van der Waals surface area contributed by atoms with Gasteiger partial charge in [0.1, 0.15) is 0 Å². The molecule has 2 nitrogen and oxygen atoms in total. The molecule has 0 aliphatic rings. The number of aliphatic carboxylic acids is 1. The number of carbonyl (C=O) groups is 1. The molecule has 0 spiro atoms. The molecular weight excluding hydrogens is 176 g/mol. The van der Waals surface area contributed by atoms with Crippen molar-refractivity contribution in [1.29, 1.82) is 0 Å². The fraction of sp³-hybridized carbons (Fsp3) is 0.0833. The van der Waals surface area contributed by atoms with Gasteiger partial charge in [-0.15, -0.1) is 0 Å². The van der Waals surface area contributed by atoms with Crippen LogP contribution < -0.4 is 0 Å². The smallest absolute Gasteiger partial charge is 0.307 e. The van der Waals surface area contributed by atoms with Crippen molar-refractivity contribution in [3.63, 3.8) is 0 Å². The maximum Gasteiger partial charge on any atom is 0.307 e. The molecule has 0 aromatic heterocycles. The Morgan fingerprint density at radius 2 is 1.93 bits per heavy atom. The van der Waals surface area contributed by atoms with Crippen molar-refractivity contribution in [3.8, 4) is 0 Å². The summed E-state index contributed by atoms with van der Waals surface area (Å²) >= 11 is 0. The van der Waals surface area contributed by atoms with E-state index in [2.05, 4.69) is 13.2 Å². The average molecular weight is 188 g/mol. The summed E-state index contributed by atoms with van der Waals surface area (Å²) in [6.45, 7) is 7.33. The number of carboxylic acids is 1. The summed E-state index contributed by atoms with van der Waals surface area (Å²) in [5, 5.41) is 8.61. The van der Waals surface area contributed by atoms with Crippen LogP contribution >= 0.6 is 0 Å². The predicted octanol–water partition coefficient (Wildman–Crippen LogP) is 2.60. The van der Waals surface area contributed by atoms with E-state index in [9.17, 15) is 4.79 Å². The highest BCUT2D eigenvalue weighted by atomic mass is 16.4. The van der Waals surface area contributed by atoms with E-state index in [-0.39, 0.29) is 6.42 Å². The van der Waals surface area contributed by atoms with Crippen LogP contribution in [0.25, 0.3) is 12.2 Å². The monoisotopic (exact) mass is 188 g/mol. The van der Waals surface area contributed by atoms with Crippen LogP contribution in [-0.2, 0) is 11.2 Å². The first-order valence-corrected chi connectivity index (χ1v) is 4.27. The molecule has 14 heavy (non-hydrogen) atoms. The molecule has 1 N–H and O–H groups in total. The quantitative estimate of drug-likeness (QED) is 0.788. The number of hydrogen-bond donors (Lipinski definition) is 1. The Kier molecular flexibility index (Phi) is 3.24. The molecule has 1 aromatic carbocycles. The highest BCUT2D eigenvalue weighted by Crippen LogP contribution is 2.15. The van der Waals surface area contributed by atoms with E-state index >= 15 is 0 Å². The van der Waals surface area contributed by atoms with Crippen LogP contribution in [0.4, 0.5) is 0 Å². The van der Waals surface area contributed by atoms with E-state index in [1.165, 1.54) is 0 Å². The third kappa shape index (κ3) is 2.33. The van der Waals surface area contributed by atoms with Gasteiger partial charge in [0.15, 0.2) is 0 Å². The van der Waals surface area contributed by atoms with Gasteiger partial charge in [-0.1, -0.05) is 43.5 Å². The first kappa shape index (κ1) is 10.3. The molecule has 0 atom stereocenters.